The zero-order valence-electron chi connectivity index (χ0n) is 14.1. The van der Waals surface area contributed by atoms with Crippen molar-refractivity contribution in [3.63, 3.8) is 0 Å². The van der Waals surface area contributed by atoms with Gasteiger partial charge in [0.2, 0.25) is 0 Å². The Balaban J connectivity index is 2.03. The number of carbonyl (C=O) groups is 2. The van der Waals surface area contributed by atoms with Crippen LogP contribution < -0.4 is 0 Å². The molecule has 1 fully saturated rings. The van der Waals surface area contributed by atoms with Gasteiger partial charge in [0.05, 0.1) is 12.0 Å². The molecule has 24 heavy (non-hydrogen) atoms. The summed E-state index contributed by atoms with van der Waals surface area (Å²) in [7, 11) is 1.36. The van der Waals surface area contributed by atoms with Crippen LogP contribution in [0.1, 0.15) is 43.7 Å². The lowest BCUT2D eigenvalue weighted by atomic mass is 10.0. The molecule has 1 aliphatic heterocycles. The maximum absolute atomic E-state index is 12.5. The van der Waals surface area contributed by atoms with Gasteiger partial charge in [-0.2, -0.15) is 0 Å². The third-order valence-electron chi connectivity index (χ3n) is 3.76. The van der Waals surface area contributed by atoms with E-state index in [2.05, 4.69) is 30.7 Å². The van der Waals surface area contributed by atoms with Crippen molar-refractivity contribution in [3.8, 4) is 0 Å². The van der Waals surface area contributed by atoms with E-state index in [1.54, 1.807) is 4.90 Å². The number of benzene rings is 1. The zero-order chi connectivity index (χ0) is 17.7. The normalized spacial score (nSPS) is 16.3. The van der Waals surface area contributed by atoms with Gasteiger partial charge in [-0.1, -0.05) is 62.1 Å². The van der Waals surface area contributed by atoms with Crippen molar-refractivity contribution in [3.05, 3.63) is 40.3 Å². The number of thioether (sulfide) groups is 1. The Morgan fingerprint density at radius 3 is 2.58 bits per heavy atom. The van der Waals surface area contributed by atoms with E-state index in [9.17, 15) is 9.59 Å². The first-order valence-corrected chi connectivity index (χ1v) is 9.07. The Hall–Kier alpha value is -1.66. The smallest absolute Gasteiger partial charge is 0.305 e. The molecule has 1 aromatic carbocycles. The van der Waals surface area contributed by atoms with Crippen LogP contribution in [0, 0.1) is 0 Å². The molecule has 1 aliphatic rings. The van der Waals surface area contributed by atoms with Crippen molar-refractivity contribution < 1.29 is 14.3 Å². The number of ether oxygens (including phenoxy) is 1. The highest BCUT2D eigenvalue weighted by Gasteiger charge is 2.31. The van der Waals surface area contributed by atoms with E-state index in [1.165, 1.54) is 24.4 Å². The van der Waals surface area contributed by atoms with Gasteiger partial charge in [0, 0.05) is 13.0 Å². The van der Waals surface area contributed by atoms with Crippen LogP contribution in [0.25, 0.3) is 6.08 Å². The SMILES string of the molecule is COC(=O)CCCN1C(=O)/C(=C/c2ccc(C(C)C)cc2)SC1=S. The molecule has 0 saturated carbocycles. The van der Waals surface area contributed by atoms with Gasteiger partial charge >= 0.3 is 5.97 Å². The Kier molecular flexibility index (Phi) is 6.57. The molecule has 1 amide bonds. The summed E-state index contributed by atoms with van der Waals surface area (Å²) in [5.41, 5.74) is 2.25. The molecule has 0 bridgehead atoms. The number of hydrogen-bond acceptors (Lipinski definition) is 5. The fraction of sp³-hybridized carbons (Fsp3) is 0.389. The van der Waals surface area contributed by atoms with Gasteiger partial charge in [0.25, 0.3) is 5.91 Å². The molecule has 2 rings (SSSR count). The molecule has 0 radical (unpaired) electrons. The number of carbonyl (C=O) groups excluding carboxylic acids is 2. The lowest BCUT2D eigenvalue weighted by Crippen LogP contribution is -2.29. The van der Waals surface area contributed by atoms with Gasteiger partial charge in [0.1, 0.15) is 4.32 Å². The summed E-state index contributed by atoms with van der Waals surface area (Å²) >= 11 is 6.59. The highest BCUT2D eigenvalue weighted by atomic mass is 32.2. The van der Waals surface area contributed by atoms with E-state index in [-0.39, 0.29) is 18.3 Å². The first-order chi connectivity index (χ1) is 11.4. The summed E-state index contributed by atoms with van der Waals surface area (Å²) < 4.78 is 5.14. The Bertz CT molecular complexity index is 665. The molecule has 0 unspecified atom stereocenters. The molecule has 6 heteroatoms. The average Bonchev–Trinajstić information content (AvgIpc) is 2.82. The van der Waals surface area contributed by atoms with Crippen molar-refractivity contribution in [1.82, 2.24) is 4.90 Å². The Morgan fingerprint density at radius 2 is 2.00 bits per heavy atom. The summed E-state index contributed by atoms with van der Waals surface area (Å²) in [4.78, 5) is 25.8. The predicted octanol–water partition coefficient (Wildman–Crippen LogP) is 3.96. The third-order valence-corrected chi connectivity index (χ3v) is 5.14. The third kappa shape index (κ3) is 4.68. The van der Waals surface area contributed by atoms with E-state index in [0.29, 0.717) is 28.1 Å². The van der Waals surface area contributed by atoms with Gasteiger partial charge in [-0.25, -0.2) is 0 Å². The molecule has 0 atom stereocenters. The first kappa shape index (κ1) is 18.7. The topological polar surface area (TPSA) is 46.6 Å². The van der Waals surface area contributed by atoms with Gasteiger partial charge in [-0.3, -0.25) is 14.5 Å². The summed E-state index contributed by atoms with van der Waals surface area (Å²) in [5, 5.41) is 0. The van der Waals surface area contributed by atoms with Gasteiger partial charge < -0.3 is 4.74 Å². The van der Waals surface area contributed by atoms with Crippen LogP contribution in [-0.4, -0.2) is 34.8 Å². The molecule has 1 aromatic rings. The highest BCUT2D eigenvalue weighted by molar-refractivity contribution is 8.26. The first-order valence-electron chi connectivity index (χ1n) is 7.84. The zero-order valence-corrected chi connectivity index (χ0v) is 15.7. The molecule has 4 nitrogen and oxygen atoms in total. The molecule has 1 saturated heterocycles. The second-order valence-electron chi connectivity index (χ2n) is 5.83. The van der Waals surface area contributed by atoms with Crippen molar-refractivity contribution >= 4 is 46.3 Å². The second-order valence-corrected chi connectivity index (χ2v) is 7.51. The highest BCUT2D eigenvalue weighted by Crippen LogP contribution is 2.32. The van der Waals surface area contributed by atoms with Crippen LogP contribution >= 0.6 is 24.0 Å². The maximum Gasteiger partial charge on any atom is 0.305 e. The number of hydrogen-bond donors (Lipinski definition) is 0. The molecule has 0 aromatic heterocycles. The Labute approximate surface area is 152 Å². The number of methoxy groups -OCH3 is 1. The summed E-state index contributed by atoms with van der Waals surface area (Å²) in [6, 6.07) is 8.18. The minimum atomic E-state index is -0.277. The van der Waals surface area contributed by atoms with Crippen LogP contribution in [0.5, 0.6) is 0 Å². The monoisotopic (exact) mass is 363 g/mol. The Morgan fingerprint density at radius 1 is 1.33 bits per heavy atom. The van der Waals surface area contributed by atoms with Crippen molar-refractivity contribution in [2.45, 2.75) is 32.6 Å². The van der Waals surface area contributed by atoms with E-state index in [1.807, 2.05) is 18.2 Å². The van der Waals surface area contributed by atoms with Crippen molar-refractivity contribution in [2.24, 2.45) is 0 Å². The van der Waals surface area contributed by atoms with E-state index < -0.39 is 0 Å². The van der Waals surface area contributed by atoms with Gasteiger partial charge in [-0.15, -0.1) is 0 Å². The fourth-order valence-corrected chi connectivity index (χ4v) is 3.61. The fourth-order valence-electron chi connectivity index (χ4n) is 2.30. The summed E-state index contributed by atoms with van der Waals surface area (Å²) in [6.07, 6.45) is 2.68. The quantitative estimate of drug-likeness (QED) is 0.435. The van der Waals surface area contributed by atoms with Crippen LogP contribution in [0.4, 0.5) is 0 Å². The van der Waals surface area contributed by atoms with Gasteiger partial charge in [-0.05, 0) is 29.5 Å². The minimum absolute atomic E-state index is 0.0946. The summed E-state index contributed by atoms with van der Waals surface area (Å²) in [6.45, 7) is 4.73. The number of esters is 1. The maximum atomic E-state index is 12.5. The van der Waals surface area contributed by atoms with E-state index in [4.69, 9.17) is 12.2 Å². The van der Waals surface area contributed by atoms with Crippen LogP contribution in [-0.2, 0) is 14.3 Å². The molecule has 0 N–H and O–H groups in total. The number of nitrogens with zero attached hydrogens (tertiary/aromatic N) is 1. The minimum Gasteiger partial charge on any atom is -0.469 e. The number of thiocarbonyl (C=S) groups is 1. The standard InChI is InChI=1S/C18H21NO3S2/c1-12(2)14-8-6-13(7-9-14)11-15-17(21)19(18(23)24-15)10-4-5-16(20)22-3/h6-9,11-12H,4-5,10H2,1-3H3/b15-11-. The molecule has 0 aliphatic carbocycles. The van der Waals surface area contributed by atoms with Crippen molar-refractivity contribution in [2.75, 3.05) is 13.7 Å². The molecular formula is C18H21NO3S2. The molecule has 0 spiro atoms. The molecule has 128 valence electrons. The average molecular weight is 364 g/mol. The van der Waals surface area contributed by atoms with Crippen LogP contribution in [0.3, 0.4) is 0 Å². The van der Waals surface area contributed by atoms with E-state index in [0.717, 1.165) is 5.56 Å². The van der Waals surface area contributed by atoms with E-state index >= 15 is 0 Å². The molecule has 1 heterocycles. The largest absolute Gasteiger partial charge is 0.469 e. The second kappa shape index (κ2) is 8.44. The van der Waals surface area contributed by atoms with Crippen molar-refractivity contribution in [1.29, 1.82) is 0 Å². The van der Waals surface area contributed by atoms with Crippen LogP contribution in [0.2, 0.25) is 0 Å². The number of rotatable bonds is 6. The molecular weight excluding hydrogens is 342 g/mol. The summed E-state index contributed by atoms with van der Waals surface area (Å²) in [5.74, 6) is 0.107. The lowest BCUT2D eigenvalue weighted by Gasteiger charge is -2.13. The predicted molar refractivity (Wildman–Crippen MR) is 102 cm³/mol. The van der Waals surface area contributed by atoms with Crippen LogP contribution in [0.15, 0.2) is 29.2 Å². The lowest BCUT2D eigenvalue weighted by molar-refractivity contribution is -0.141. The van der Waals surface area contributed by atoms with Gasteiger partial charge in [0.15, 0.2) is 0 Å². The number of amides is 1.